The van der Waals surface area contributed by atoms with Gasteiger partial charge in [0.05, 0.1) is 17.1 Å². The minimum Gasteiger partial charge on any atom is -0.453 e. The summed E-state index contributed by atoms with van der Waals surface area (Å²) < 4.78 is 9.13. The minimum atomic E-state index is 0.836. The summed E-state index contributed by atoms with van der Waals surface area (Å²) in [5.74, 6) is 1.68. The highest BCUT2D eigenvalue weighted by Gasteiger charge is 2.26. The van der Waals surface area contributed by atoms with Gasteiger partial charge in [0.25, 0.3) is 0 Å². The number of nitrogens with zero attached hydrogens (tertiary/aromatic N) is 2. The second-order valence-electron chi connectivity index (χ2n) is 12.6. The van der Waals surface area contributed by atoms with Crippen molar-refractivity contribution in [2.75, 3.05) is 9.80 Å². The number of fused-ring (bicyclic) bond motifs is 6. The summed E-state index contributed by atoms with van der Waals surface area (Å²) in [5.41, 5.74) is 8.77. The first-order chi connectivity index (χ1) is 24.8. The first-order valence-corrected chi connectivity index (χ1v) is 17.7. The van der Waals surface area contributed by atoms with Crippen LogP contribution in [-0.4, -0.2) is 0 Å². The molecule has 0 aliphatic carbocycles. The lowest BCUT2D eigenvalue weighted by Crippen LogP contribution is -2.15. The molecule has 50 heavy (non-hydrogen) atoms. The molecule has 1 aromatic heterocycles. The van der Waals surface area contributed by atoms with Crippen LogP contribution in [0.1, 0.15) is 0 Å². The lowest BCUT2D eigenvalue weighted by Gasteiger charge is -2.33. The number of thiophene rings is 1. The van der Waals surface area contributed by atoms with Gasteiger partial charge in [0, 0.05) is 42.6 Å². The number of rotatable bonds is 5. The van der Waals surface area contributed by atoms with Crippen LogP contribution in [0.3, 0.4) is 0 Å². The lowest BCUT2D eigenvalue weighted by atomic mass is 10.0. The van der Waals surface area contributed by atoms with Crippen molar-refractivity contribution in [2.45, 2.75) is 0 Å². The van der Waals surface area contributed by atoms with Gasteiger partial charge in [0.15, 0.2) is 11.5 Å². The summed E-state index contributed by atoms with van der Waals surface area (Å²) in [6.45, 7) is 0. The van der Waals surface area contributed by atoms with Crippen LogP contribution in [-0.2, 0) is 0 Å². The zero-order valence-corrected chi connectivity index (χ0v) is 27.8. The van der Waals surface area contributed by atoms with Crippen LogP contribution < -0.4 is 14.5 Å². The highest BCUT2D eigenvalue weighted by Crippen LogP contribution is 2.51. The SMILES string of the molecule is c1ccc(N2c3ccccc3Oc3cc(-c4ccc(N(c5ccc6sc7ccccc7c6c5)c5cccc6ccccc56)cc4)ccc32)cc1. The summed E-state index contributed by atoms with van der Waals surface area (Å²) in [5, 5.41) is 5.01. The van der Waals surface area contributed by atoms with E-state index >= 15 is 0 Å². The molecule has 0 unspecified atom stereocenters. The predicted molar refractivity (Wildman–Crippen MR) is 212 cm³/mol. The maximum absolute atomic E-state index is 6.52. The Labute approximate surface area is 294 Å². The van der Waals surface area contributed by atoms with E-state index in [-0.39, 0.29) is 0 Å². The number of benzene rings is 8. The van der Waals surface area contributed by atoms with E-state index in [0.29, 0.717) is 0 Å². The molecule has 9 aromatic rings. The van der Waals surface area contributed by atoms with E-state index in [4.69, 9.17) is 4.74 Å². The van der Waals surface area contributed by atoms with Crippen molar-refractivity contribution < 1.29 is 4.74 Å². The Morgan fingerprint density at radius 3 is 2.02 bits per heavy atom. The van der Waals surface area contributed by atoms with Crippen molar-refractivity contribution >= 4 is 76.4 Å². The Morgan fingerprint density at radius 1 is 0.440 bits per heavy atom. The molecule has 0 atom stereocenters. The summed E-state index contributed by atoms with van der Waals surface area (Å²) in [4.78, 5) is 4.67. The maximum Gasteiger partial charge on any atom is 0.152 e. The average Bonchev–Trinajstić information content (AvgIpc) is 3.56. The predicted octanol–water partition coefficient (Wildman–Crippen LogP) is 13.9. The van der Waals surface area contributed by atoms with E-state index in [2.05, 4.69) is 174 Å². The van der Waals surface area contributed by atoms with Crippen molar-refractivity contribution in [1.82, 2.24) is 0 Å². The molecule has 0 saturated heterocycles. The number of para-hydroxylation sites is 3. The molecule has 1 aliphatic heterocycles. The van der Waals surface area contributed by atoms with Crippen LogP contribution in [0.25, 0.3) is 42.1 Å². The average molecular weight is 659 g/mol. The summed E-state index contributed by atoms with van der Waals surface area (Å²) in [6, 6.07) is 64.9. The van der Waals surface area contributed by atoms with Gasteiger partial charge >= 0.3 is 0 Å². The fourth-order valence-electron chi connectivity index (χ4n) is 7.28. The second kappa shape index (κ2) is 11.7. The van der Waals surface area contributed by atoms with Gasteiger partial charge in [-0.15, -0.1) is 11.3 Å². The van der Waals surface area contributed by atoms with E-state index in [9.17, 15) is 0 Å². The van der Waals surface area contributed by atoms with E-state index in [0.717, 1.165) is 56.8 Å². The molecular formula is C46H30N2OS. The molecule has 10 rings (SSSR count). The molecule has 0 bridgehead atoms. The van der Waals surface area contributed by atoms with Crippen LogP contribution in [0.2, 0.25) is 0 Å². The quantitative estimate of drug-likeness (QED) is 0.183. The van der Waals surface area contributed by atoms with Crippen molar-refractivity contribution in [2.24, 2.45) is 0 Å². The second-order valence-corrected chi connectivity index (χ2v) is 13.7. The van der Waals surface area contributed by atoms with Crippen molar-refractivity contribution in [3.63, 3.8) is 0 Å². The molecule has 0 radical (unpaired) electrons. The highest BCUT2D eigenvalue weighted by atomic mass is 32.1. The molecule has 4 heteroatoms. The van der Waals surface area contributed by atoms with E-state index < -0.39 is 0 Å². The normalized spacial score (nSPS) is 12.1. The summed E-state index contributed by atoms with van der Waals surface area (Å²) in [6.07, 6.45) is 0. The van der Waals surface area contributed by atoms with Crippen molar-refractivity contribution in [3.05, 3.63) is 182 Å². The van der Waals surface area contributed by atoms with Gasteiger partial charge in [-0.05, 0) is 95.4 Å². The van der Waals surface area contributed by atoms with Crippen LogP contribution >= 0.6 is 11.3 Å². The Morgan fingerprint density at radius 2 is 1.12 bits per heavy atom. The van der Waals surface area contributed by atoms with Crippen LogP contribution in [0, 0.1) is 0 Å². The third-order valence-electron chi connectivity index (χ3n) is 9.63. The third kappa shape index (κ3) is 4.73. The number of anilines is 6. The monoisotopic (exact) mass is 658 g/mol. The first kappa shape index (κ1) is 28.6. The molecule has 1 aliphatic rings. The molecule has 0 fully saturated rings. The van der Waals surface area contributed by atoms with Gasteiger partial charge in [-0.1, -0.05) is 103 Å². The van der Waals surface area contributed by atoms with Crippen molar-refractivity contribution in [3.8, 4) is 22.6 Å². The topological polar surface area (TPSA) is 15.7 Å². The van der Waals surface area contributed by atoms with Gasteiger partial charge in [-0.2, -0.15) is 0 Å². The summed E-state index contributed by atoms with van der Waals surface area (Å²) >= 11 is 1.85. The third-order valence-corrected chi connectivity index (χ3v) is 10.8. The lowest BCUT2D eigenvalue weighted by molar-refractivity contribution is 0.477. The Kier molecular flexibility index (Phi) is 6.68. The standard InChI is InChI=1S/C46H30N2OS/c1-2-13-34(14-3-1)48-41-17-7-8-19-43(41)49-44-29-33(23-27-42(44)48)31-21-24-35(25-22-31)47(40-18-10-12-32-11-4-5-15-37(32)40)36-26-28-46-39(30-36)38-16-6-9-20-45(38)50-46/h1-30H. The van der Waals surface area contributed by atoms with Crippen LogP contribution in [0.15, 0.2) is 182 Å². The molecule has 0 spiro atoms. The Balaban J connectivity index is 1.08. The highest BCUT2D eigenvalue weighted by molar-refractivity contribution is 7.25. The first-order valence-electron chi connectivity index (χ1n) is 16.8. The molecule has 0 N–H and O–H groups in total. The van der Waals surface area contributed by atoms with Crippen LogP contribution in [0.4, 0.5) is 34.1 Å². The molecule has 8 aromatic carbocycles. The fraction of sp³-hybridized carbons (Fsp3) is 0. The molecule has 2 heterocycles. The van der Waals surface area contributed by atoms with Gasteiger partial charge < -0.3 is 14.5 Å². The molecular weight excluding hydrogens is 629 g/mol. The zero-order chi connectivity index (χ0) is 33.0. The van der Waals surface area contributed by atoms with E-state index in [1.807, 2.05) is 29.5 Å². The smallest absolute Gasteiger partial charge is 0.152 e. The van der Waals surface area contributed by atoms with Crippen LogP contribution in [0.5, 0.6) is 11.5 Å². The van der Waals surface area contributed by atoms with Gasteiger partial charge in [0.1, 0.15) is 0 Å². The number of hydrogen-bond acceptors (Lipinski definition) is 4. The minimum absolute atomic E-state index is 0.836. The van der Waals surface area contributed by atoms with Crippen molar-refractivity contribution in [1.29, 1.82) is 0 Å². The van der Waals surface area contributed by atoms with Gasteiger partial charge in [0.2, 0.25) is 0 Å². The summed E-state index contributed by atoms with van der Waals surface area (Å²) in [7, 11) is 0. The van der Waals surface area contributed by atoms with Gasteiger partial charge in [-0.3, -0.25) is 0 Å². The number of hydrogen-bond donors (Lipinski definition) is 0. The number of ether oxygens (including phenoxy) is 1. The molecule has 3 nitrogen and oxygen atoms in total. The molecule has 236 valence electrons. The zero-order valence-electron chi connectivity index (χ0n) is 27.0. The molecule has 0 amide bonds. The van der Waals surface area contributed by atoms with E-state index in [1.165, 1.54) is 30.9 Å². The largest absolute Gasteiger partial charge is 0.453 e. The Bertz CT molecular complexity index is 2690. The fourth-order valence-corrected chi connectivity index (χ4v) is 8.36. The van der Waals surface area contributed by atoms with Gasteiger partial charge in [-0.25, -0.2) is 0 Å². The molecule has 0 saturated carbocycles. The maximum atomic E-state index is 6.52. The Hall–Kier alpha value is -6.36. The van der Waals surface area contributed by atoms with E-state index in [1.54, 1.807) is 0 Å².